The molecule has 7 heteroatoms. The monoisotopic (exact) mass is 403 g/mol. The summed E-state index contributed by atoms with van der Waals surface area (Å²) in [5.41, 5.74) is 1.85. The van der Waals surface area contributed by atoms with Gasteiger partial charge in [-0.1, -0.05) is 42.8 Å². The van der Waals surface area contributed by atoms with Crippen molar-refractivity contribution in [2.75, 3.05) is 7.11 Å². The molecule has 0 unspecified atom stereocenters. The second-order valence-electron chi connectivity index (χ2n) is 5.84. The van der Waals surface area contributed by atoms with Crippen LogP contribution in [0.5, 0.6) is 0 Å². The second-order valence-corrected chi connectivity index (χ2v) is 8.09. The third-order valence-corrected chi connectivity index (χ3v) is 6.19. The number of nitrogens with zero attached hydrogens (tertiary/aromatic N) is 1. The van der Waals surface area contributed by atoms with Crippen molar-refractivity contribution >= 4 is 27.6 Å². The number of aromatic nitrogens is 1. The standard InChI is InChI=1S/C20H18ClNO4S/c1-3-14-9-10-15(21)13-18(14)19-17(20(23)26-2)11-12-22(19)27(24,25)16-7-5-4-6-8-16/h4-13H,3H2,1-2H3. The van der Waals surface area contributed by atoms with Gasteiger partial charge >= 0.3 is 5.97 Å². The van der Waals surface area contributed by atoms with Gasteiger partial charge in [-0.2, -0.15) is 0 Å². The predicted octanol–water partition coefficient (Wildman–Crippen LogP) is 4.39. The first-order chi connectivity index (χ1) is 12.9. The molecule has 2 aromatic carbocycles. The van der Waals surface area contributed by atoms with Gasteiger partial charge in [-0.05, 0) is 42.3 Å². The number of halogens is 1. The Labute approximate surface area is 163 Å². The number of hydrogen-bond acceptors (Lipinski definition) is 4. The highest BCUT2D eigenvalue weighted by Gasteiger charge is 2.27. The Balaban J connectivity index is 2.35. The van der Waals surface area contributed by atoms with Crippen molar-refractivity contribution in [3.63, 3.8) is 0 Å². The summed E-state index contributed by atoms with van der Waals surface area (Å²) in [6.07, 6.45) is 2.01. The average Bonchev–Trinajstić information content (AvgIpc) is 3.13. The Hall–Kier alpha value is -2.57. The number of carbonyl (C=O) groups excluding carboxylic acids is 1. The van der Waals surface area contributed by atoms with E-state index in [0.717, 1.165) is 9.54 Å². The molecule has 3 rings (SSSR count). The van der Waals surface area contributed by atoms with E-state index in [2.05, 4.69) is 0 Å². The van der Waals surface area contributed by atoms with Gasteiger partial charge in [0, 0.05) is 16.8 Å². The molecule has 5 nitrogen and oxygen atoms in total. The lowest BCUT2D eigenvalue weighted by Crippen LogP contribution is -2.15. The zero-order chi connectivity index (χ0) is 19.6. The molecule has 0 bridgehead atoms. The molecule has 1 aromatic heterocycles. The van der Waals surface area contributed by atoms with Gasteiger partial charge in [0.25, 0.3) is 10.0 Å². The van der Waals surface area contributed by atoms with Crippen molar-refractivity contribution in [3.05, 3.63) is 76.9 Å². The number of carbonyl (C=O) groups is 1. The predicted molar refractivity (Wildman–Crippen MR) is 105 cm³/mol. The topological polar surface area (TPSA) is 65.4 Å². The molecule has 0 radical (unpaired) electrons. The van der Waals surface area contributed by atoms with Crippen LogP contribution < -0.4 is 0 Å². The van der Waals surface area contributed by atoms with Crippen LogP contribution in [0.3, 0.4) is 0 Å². The van der Waals surface area contributed by atoms with E-state index in [9.17, 15) is 13.2 Å². The molecule has 0 saturated heterocycles. The summed E-state index contributed by atoms with van der Waals surface area (Å²) >= 11 is 6.17. The Morgan fingerprint density at radius 2 is 1.81 bits per heavy atom. The van der Waals surface area contributed by atoms with E-state index in [4.69, 9.17) is 16.3 Å². The molecule has 0 spiro atoms. The van der Waals surface area contributed by atoms with Crippen molar-refractivity contribution in [1.82, 2.24) is 3.97 Å². The summed E-state index contributed by atoms with van der Waals surface area (Å²) in [4.78, 5) is 12.4. The number of rotatable bonds is 5. The van der Waals surface area contributed by atoms with Gasteiger partial charge in [0.1, 0.15) is 0 Å². The van der Waals surface area contributed by atoms with Crippen LogP contribution in [-0.4, -0.2) is 25.5 Å². The zero-order valence-electron chi connectivity index (χ0n) is 14.8. The average molecular weight is 404 g/mol. The van der Waals surface area contributed by atoms with E-state index in [1.165, 1.54) is 31.5 Å². The summed E-state index contributed by atoms with van der Waals surface area (Å²) < 4.78 is 32.4. The SMILES string of the molecule is CCc1ccc(Cl)cc1-c1c(C(=O)OC)ccn1S(=O)(=O)c1ccccc1. The van der Waals surface area contributed by atoms with Crippen molar-refractivity contribution in [3.8, 4) is 11.3 Å². The van der Waals surface area contributed by atoms with Gasteiger partial charge in [0.15, 0.2) is 0 Å². The summed E-state index contributed by atoms with van der Waals surface area (Å²) in [5, 5.41) is 0.447. The van der Waals surface area contributed by atoms with Crippen molar-refractivity contribution in [2.45, 2.75) is 18.2 Å². The molecule has 0 N–H and O–H groups in total. The van der Waals surface area contributed by atoms with Crippen LogP contribution in [-0.2, 0) is 21.2 Å². The van der Waals surface area contributed by atoms with E-state index in [1.54, 1.807) is 30.3 Å². The largest absolute Gasteiger partial charge is 0.465 e. The minimum atomic E-state index is -3.91. The molecule has 0 aliphatic rings. The summed E-state index contributed by atoms with van der Waals surface area (Å²) in [6.45, 7) is 1.95. The van der Waals surface area contributed by atoms with Crippen LogP contribution >= 0.6 is 11.6 Å². The highest BCUT2D eigenvalue weighted by atomic mass is 35.5. The zero-order valence-corrected chi connectivity index (χ0v) is 16.4. The molecule has 27 heavy (non-hydrogen) atoms. The van der Waals surface area contributed by atoms with Crippen LogP contribution in [0.15, 0.2) is 65.7 Å². The van der Waals surface area contributed by atoms with E-state index in [0.29, 0.717) is 17.0 Å². The summed E-state index contributed by atoms with van der Waals surface area (Å²) in [7, 11) is -2.65. The van der Waals surface area contributed by atoms with Gasteiger partial charge in [0.2, 0.25) is 0 Å². The molecule has 0 aliphatic heterocycles. The molecule has 0 fully saturated rings. The fraction of sp³-hybridized carbons (Fsp3) is 0.150. The van der Waals surface area contributed by atoms with E-state index in [1.807, 2.05) is 13.0 Å². The Morgan fingerprint density at radius 1 is 1.11 bits per heavy atom. The highest BCUT2D eigenvalue weighted by Crippen LogP contribution is 2.34. The van der Waals surface area contributed by atoms with Crippen molar-refractivity contribution < 1.29 is 17.9 Å². The minimum absolute atomic E-state index is 0.123. The normalized spacial score (nSPS) is 11.4. The fourth-order valence-corrected chi connectivity index (χ4v) is 4.50. The maximum atomic E-state index is 13.2. The smallest absolute Gasteiger partial charge is 0.340 e. The number of benzene rings is 2. The maximum absolute atomic E-state index is 13.2. The molecule has 140 valence electrons. The van der Waals surface area contributed by atoms with Crippen LogP contribution in [0.25, 0.3) is 11.3 Å². The molecule has 0 amide bonds. The molecule has 1 heterocycles. The number of ether oxygens (including phenoxy) is 1. The highest BCUT2D eigenvalue weighted by molar-refractivity contribution is 7.90. The van der Waals surface area contributed by atoms with Gasteiger partial charge in [-0.25, -0.2) is 17.2 Å². The lowest BCUT2D eigenvalue weighted by molar-refractivity contribution is 0.0602. The van der Waals surface area contributed by atoms with Crippen molar-refractivity contribution in [1.29, 1.82) is 0 Å². The quantitative estimate of drug-likeness (QED) is 0.592. The molecule has 0 saturated carbocycles. The van der Waals surface area contributed by atoms with E-state index >= 15 is 0 Å². The Morgan fingerprint density at radius 3 is 2.44 bits per heavy atom. The molecule has 3 aromatic rings. The Kier molecular flexibility index (Phi) is 5.39. The molecule has 0 atom stereocenters. The first kappa shape index (κ1) is 19.2. The van der Waals surface area contributed by atoms with Gasteiger partial charge in [0.05, 0.1) is 23.3 Å². The third kappa shape index (κ3) is 3.50. The molecule has 0 aliphatic carbocycles. The first-order valence-corrected chi connectivity index (χ1v) is 10.1. The van der Waals surface area contributed by atoms with Gasteiger partial charge in [-0.3, -0.25) is 0 Å². The summed E-state index contributed by atoms with van der Waals surface area (Å²) in [6, 6.07) is 14.7. The summed E-state index contributed by atoms with van der Waals surface area (Å²) in [5.74, 6) is -0.617. The lowest BCUT2D eigenvalue weighted by atomic mass is 10.00. The van der Waals surface area contributed by atoms with Gasteiger partial charge < -0.3 is 4.74 Å². The van der Waals surface area contributed by atoms with E-state index in [-0.39, 0.29) is 16.2 Å². The van der Waals surface area contributed by atoms with Crippen LogP contribution in [0.4, 0.5) is 0 Å². The number of methoxy groups -OCH3 is 1. The van der Waals surface area contributed by atoms with Crippen LogP contribution in [0, 0.1) is 0 Å². The molecular formula is C20H18ClNO4S. The Bertz CT molecular complexity index is 1090. The number of hydrogen-bond donors (Lipinski definition) is 0. The second kappa shape index (κ2) is 7.58. The molecular weight excluding hydrogens is 386 g/mol. The number of esters is 1. The van der Waals surface area contributed by atoms with Crippen LogP contribution in [0.1, 0.15) is 22.8 Å². The van der Waals surface area contributed by atoms with Gasteiger partial charge in [-0.15, -0.1) is 0 Å². The first-order valence-electron chi connectivity index (χ1n) is 8.29. The minimum Gasteiger partial charge on any atom is -0.465 e. The number of aryl methyl sites for hydroxylation is 1. The van der Waals surface area contributed by atoms with Crippen molar-refractivity contribution in [2.24, 2.45) is 0 Å². The van der Waals surface area contributed by atoms with Crippen LogP contribution in [0.2, 0.25) is 5.02 Å². The van der Waals surface area contributed by atoms with E-state index < -0.39 is 16.0 Å². The third-order valence-electron chi connectivity index (χ3n) is 4.27. The lowest BCUT2D eigenvalue weighted by Gasteiger charge is -2.15. The fourth-order valence-electron chi connectivity index (χ4n) is 2.94. The maximum Gasteiger partial charge on any atom is 0.340 e.